The highest BCUT2D eigenvalue weighted by Crippen LogP contribution is 2.30. The van der Waals surface area contributed by atoms with E-state index in [-0.39, 0.29) is 18.0 Å². The molecule has 2 rings (SSSR count). The van der Waals surface area contributed by atoms with E-state index in [0.29, 0.717) is 28.3 Å². The van der Waals surface area contributed by atoms with Gasteiger partial charge >= 0.3 is 5.97 Å². The first-order valence-corrected chi connectivity index (χ1v) is 9.39. The summed E-state index contributed by atoms with van der Waals surface area (Å²) in [6.45, 7) is 7.95. The van der Waals surface area contributed by atoms with E-state index in [1.807, 2.05) is 45.9 Å². The van der Waals surface area contributed by atoms with Crippen LogP contribution in [-0.2, 0) is 10.3 Å². The standard InChI is InChI=1S/C20H26ClN3O3/c1-5-8-13(19(26)27)11-22-18(25)15-12-24(20(2,3)4)23-17(15)14-9-6-7-10-16(14)21/h6-7,9-10,12-13H,5,8,11H2,1-4H3,(H,22,25)(H,26,27). The topological polar surface area (TPSA) is 84.2 Å². The lowest BCUT2D eigenvalue weighted by Crippen LogP contribution is -2.33. The number of aromatic nitrogens is 2. The summed E-state index contributed by atoms with van der Waals surface area (Å²) in [6.07, 6.45) is 2.93. The van der Waals surface area contributed by atoms with Crippen LogP contribution >= 0.6 is 11.6 Å². The van der Waals surface area contributed by atoms with E-state index >= 15 is 0 Å². The number of hydrogen-bond acceptors (Lipinski definition) is 3. The van der Waals surface area contributed by atoms with Gasteiger partial charge in [0, 0.05) is 18.3 Å². The zero-order chi connectivity index (χ0) is 20.2. The van der Waals surface area contributed by atoms with Gasteiger partial charge in [-0.3, -0.25) is 14.3 Å². The van der Waals surface area contributed by atoms with Crippen molar-refractivity contribution < 1.29 is 14.7 Å². The highest BCUT2D eigenvalue weighted by atomic mass is 35.5. The van der Waals surface area contributed by atoms with Crippen LogP contribution in [0.1, 0.15) is 50.9 Å². The van der Waals surface area contributed by atoms with Crippen LogP contribution in [0.3, 0.4) is 0 Å². The number of carboxylic acid groups (broad SMARTS) is 1. The smallest absolute Gasteiger partial charge is 0.308 e. The second kappa shape index (κ2) is 8.57. The second-order valence-corrected chi connectivity index (χ2v) is 7.93. The Morgan fingerprint density at radius 3 is 2.52 bits per heavy atom. The number of benzene rings is 1. The average molecular weight is 392 g/mol. The molecule has 0 saturated carbocycles. The van der Waals surface area contributed by atoms with Crippen molar-refractivity contribution in [2.45, 2.75) is 46.1 Å². The maximum absolute atomic E-state index is 12.8. The molecule has 2 N–H and O–H groups in total. The highest BCUT2D eigenvalue weighted by Gasteiger charge is 2.25. The van der Waals surface area contributed by atoms with E-state index in [1.165, 1.54) is 0 Å². The van der Waals surface area contributed by atoms with Crippen LogP contribution in [0.2, 0.25) is 5.02 Å². The van der Waals surface area contributed by atoms with Crippen LogP contribution in [0.4, 0.5) is 0 Å². The summed E-state index contributed by atoms with van der Waals surface area (Å²) in [5.41, 5.74) is 1.20. The van der Waals surface area contributed by atoms with Gasteiger partial charge in [-0.15, -0.1) is 0 Å². The fraction of sp³-hybridized carbons (Fsp3) is 0.450. The Balaban J connectivity index is 2.37. The third-order valence-corrected chi connectivity index (χ3v) is 4.60. The van der Waals surface area contributed by atoms with Crippen molar-refractivity contribution in [2.75, 3.05) is 6.54 Å². The van der Waals surface area contributed by atoms with Crippen molar-refractivity contribution in [1.82, 2.24) is 15.1 Å². The van der Waals surface area contributed by atoms with Gasteiger partial charge in [0.15, 0.2) is 0 Å². The van der Waals surface area contributed by atoms with E-state index in [4.69, 9.17) is 11.6 Å². The number of carboxylic acids is 1. The van der Waals surface area contributed by atoms with Gasteiger partial charge in [-0.2, -0.15) is 5.10 Å². The molecular formula is C20H26ClN3O3. The normalized spacial score (nSPS) is 12.6. The lowest BCUT2D eigenvalue weighted by Gasteiger charge is -2.18. The molecule has 1 aromatic carbocycles. The summed E-state index contributed by atoms with van der Waals surface area (Å²) >= 11 is 6.31. The molecule has 1 atom stereocenters. The van der Waals surface area contributed by atoms with Crippen LogP contribution in [0.5, 0.6) is 0 Å². The minimum atomic E-state index is -0.908. The van der Waals surface area contributed by atoms with Gasteiger partial charge in [0.2, 0.25) is 0 Å². The first-order valence-electron chi connectivity index (χ1n) is 9.01. The summed E-state index contributed by atoms with van der Waals surface area (Å²) in [6, 6.07) is 7.21. The van der Waals surface area contributed by atoms with E-state index in [0.717, 1.165) is 6.42 Å². The largest absolute Gasteiger partial charge is 0.481 e. The highest BCUT2D eigenvalue weighted by molar-refractivity contribution is 6.33. The Morgan fingerprint density at radius 1 is 1.30 bits per heavy atom. The van der Waals surface area contributed by atoms with Crippen molar-refractivity contribution >= 4 is 23.5 Å². The molecule has 1 heterocycles. The minimum Gasteiger partial charge on any atom is -0.481 e. The van der Waals surface area contributed by atoms with Crippen molar-refractivity contribution in [3.8, 4) is 11.3 Å². The van der Waals surface area contributed by atoms with E-state index in [9.17, 15) is 14.7 Å². The Morgan fingerprint density at radius 2 is 1.96 bits per heavy atom. The van der Waals surface area contributed by atoms with Crippen LogP contribution in [0, 0.1) is 5.92 Å². The molecule has 0 aliphatic rings. The average Bonchev–Trinajstić information content (AvgIpc) is 3.04. The number of nitrogens with one attached hydrogen (secondary N) is 1. The molecule has 27 heavy (non-hydrogen) atoms. The first-order chi connectivity index (χ1) is 12.6. The van der Waals surface area contributed by atoms with Crippen LogP contribution in [0.15, 0.2) is 30.5 Å². The Kier molecular flexibility index (Phi) is 6.65. The zero-order valence-electron chi connectivity index (χ0n) is 16.1. The Bertz CT molecular complexity index is 824. The van der Waals surface area contributed by atoms with Crippen molar-refractivity contribution in [1.29, 1.82) is 0 Å². The zero-order valence-corrected chi connectivity index (χ0v) is 16.9. The lowest BCUT2D eigenvalue weighted by molar-refractivity contribution is -0.141. The monoisotopic (exact) mass is 391 g/mol. The van der Waals surface area contributed by atoms with Gasteiger partial charge < -0.3 is 10.4 Å². The molecule has 1 aromatic heterocycles. The number of nitrogens with zero attached hydrogens (tertiary/aromatic N) is 2. The van der Waals surface area contributed by atoms with Crippen LogP contribution in [0.25, 0.3) is 11.3 Å². The predicted molar refractivity (Wildman–Crippen MR) is 106 cm³/mol. The van der Waals surface area contributed by atoms with Crippen LogP contribution < -0.4 is 5.32 Å². The SMILES string of the molecule is CCCC(CNC(=O)c1cn(C(C)(C)C)nc1-c1ccccc1Cl)C(=O)O. The molecule has 0 bridgehead atoms. The van der Waals surface area contributed by atoms with Crippen molar-refractivity contribution in [3.63, 3.8) is 0 Å². The molecule has 6 nitrogen and oxygen atoms in total. The summed E-state index contributed by atoms with van der Waals surface area (Å²) in [4.78, 5) is 24.1. The molecule has 2 aromatic rings. The van der Waals surface area contributed by atoms with E-state index in [2.05, 4.69) is 10.4 Å². The van der Waals surface area contributed by atoms with Crippen LogP contribution in [-0.4, -0.2) is 33.3 Å². The minimum absolute atomic E-state index is 0.0741. The molecule has 1 amide bonds. The van der Waals surface area contributed by atoms with Gasteiger partial charge in [-0.05, 0) is 33.3 Å². The maximum atomic E-state index is 12.8. The fourth-order valence-corrected chi connectivity index (χ4v) is 2.93. The third-order valence-electron chi connectivity index (χ3n) is 4.27. The molecule has 0 radical (unpaired) electrons. The van der Waals surface area contributed by atoms with Gasteiger partial charge in [-0.25, -0.2) is 0 Å². The molecule has 0 aliphatic carbocycles. The van der Waals surface area contributed by atoms with E-state index in [1.54, 1.807) is 16.9 Å². The number of halogens is 1. The molecule has 7 heteroatoms. The molecular weight excluding hydrogens is 366 g/mol. The number of rotatable bonds is 7. The molecule has 0 saturated heterocycles. The number of aliphatic carboxylic acids is 1. The number of carbonyl (C=O) groups excluding carboxylic acids is 1. The molecule has 0 spiro atoms. The Hall–Kier alpha value is -2.34. The molecule has 146 valence electrons. The van der Waals surface area contributed by atoms with Gasteiger partial charge in [-0.1, -0.05) is 43.1 Å². The summed E-state index contributed by atoms with van der Waals surface area (Å²) in [5.74, 6) is -1.88. The fourth-order valence-electron chi connectivity index (χ4n) is 2.71. The number of carbonyl (C=O) groups is 2. The summed E-state index contributed by atoms with van der Waals surface area (Å²) in [7, 11) is 0. The van der Waals surface area contributed by atoms with Crippen molar-refractivity contribution in [3.05, 3.63) is 41.0 Å². The first kappa shape index (κ1) is 21.0. The summed E-state index contributed by atoms with van der Waals surface area (Å²) < 4.78 is 1.72. The molecule has 1 unspecified atom stereocenters. The van der Waals surface area contributed by atoms with Crippen molar-refractivity contribution in [2.24, 2.45) is 5.92 Å². The Labute approximate surface area is 164 Å². The lowest BCUT2D eigenvalue weighted by atomic mass is 10.0. The predicted octanol–water partition coefficient (Wildman–Crippen LogP) is 4.19. The third kappa shape index (κ3) is 5.10. The van der Waals surface area contributed by atoms with E-state index < -0.39 is 11.9 Å². The molecule has 0 fully saturated rings. The van der Waals surface area contributed by atoms with Gasteiger partial charge in [0.1, 0.15) is 5.69 Å². The second-order valence-electron chi connectivity index (χ2n) is 7.52. The number of amides is 1. The molecule has 0 aliphatic heterocycles. The van der Waals surface area contributed by atoms with Gasteiger partial charge in [0.05, 0.1) is 22.0 Å². The maximum Gasteiger partial charge on any atom is 0.308 e. The number of hydrogen-bond donors (Lipinski definition) is 2. The summed E-state index contributed by atoms with van der Waals surface area (Å²) in [5, 5.41) is 17.1. The quantitative estimate of drug-likeness (QED) is 0.741. The van der Waals surface area contributed by atoms with Gasteiger partial charge in [0.25, 0.3) is 5.91 Å².